The Balaban J connectivity index is 1.34. The van der Waals surface area contributed by atoms with E-state index < -0.39 is 0 Å². The summed E-state index contributed by atoms with van der Waals surface area (Å²) in [6.45, 7) is 7.53. The van der Waals surface area contributed by atoms with Crippen LogP contribution in [0, 0.1) is 6.92 Å². The molecule has 0 N–H and O–H groups in total. The summed E-state index contributed by atoms with van der Waals surface area (Å²) in [6.07, 6.45) is 1.85. The Kier molecular flexibility index (Phi) is 5.87. The molecule has 1 saturated heterocycles. The highest BCUT2D eigenvalue weighted by Crippen LogP contribution is 2.24. The molecule has 1 atom stereocenters. The van der Waals surface area contributed by atoms with Crippen molar-refractivity contribution in [1.82, 2.24) is 25.0 Å². The first kappa shape index (κ1) is 18.9. The largest absolute Gasteiger partial charge is 0.338 e. The highest BCUT2D eigenvalue weighted by molar-refractivity contribution is 7.98. The molecule has 0 spiro atoms. The third-order valence-corrected chi connectivity index (χ3v) is 5.89. The minimum absolute atomic E-state index is 0.122. The molecule has 0 bridgehead atoms. The van der Waals surface area contributed by atoms with Gasteiger partial charge in [0.15, 0.2) is 5.82 Å². The lowest BCUT2D eigenvalue weighted by molar-refractivity contribution is 0.163. The molecule has 2 aromatic heterocycles. The first-order valence-electron chi connectivity index (χ1n) is 9.48. The third-order valence-electron chi connectivity index (χ3n) is 4.89. The first-order chi connectivity index (χ1) is 13.7. The number of benzene rings is 1. The van der Waals surface area contributed by atoms with Crippen molar-refractivity contribution in [2.75, 3.05) is 31.1 Å². The van der Waals surface area contributed by atoms with Crippen molar-refractivity contribution >= 4 is 17.7 Å². The first-order valence-corrected chi connectivity index (χ1v) is 10.5. The minimum atomic E-state index is 0.122. The molecule has 28 heavy (non-hydrogen) atoms. The number of piperazine rings is 1. The maximum absolute atomic E-state index is 5.33. The van der Waals surface area contributed by atoms with Crippen LogP contribution < -0.4 is 4.90 Å². The number of thioether (sulfide) groups is 1. The molecule has 0 aliphatic carbocycles. The van der Waals surface area contributed by atoms with Crippen molar-refractivity contribution in [3.8, 4) is 0 Å². The maximum Gasteiger partial charge on any atom is 0.243 e. The van der Waals surface area contributed by atoms with Crippen LogP contribution in [-0.2, 0) is 5.75 Å². The van der Waals surface area contributed by atoms with Crippen LogP contribution in [0.2, 0.25) is 0 Å². The minimum Gasteiger partial charge on any atom is -0.338 e. The standard InChI is InChI=1S/C20H24N6OS/c1-15(19-22-16(2)24-27-19)25-10-12-26(13-11-25)20-21-9-8-18(23-20)28-14-17-6-4-3-5-7-17/h3-9,15H,10-14H2,1-2H3. The van der Waals surface area contributed by atoms with Crippen molar-refractivity contribution in [3.05, 3.63) is 59.9 Å². The van der Waals surface area contributed by atoms with Crippen molar-refractivity contribution in [1.29, 1.82) is 0 Å². The lowest BCUT2D eigenvalue weighted by atomic mass is 10.2. The predicted octanol–water partition coefficient (Wildman–Crippen LogP) is 3.34. The SMILES string of the molecule is Cc1noc(C(C)N2CCN(c3nccc(SCc4ccccc4)n3)CC2)n1. The Morgan fingerprint density at radius 2 is 1.86 bits per heavy atom. The van der Waals surface area contributed by atoms with Gasteiger partial charge in [-0.3, -0.25) is 4.90 Å². The van der Waals surface area contributed by atoms with Gasteiger partial charge in [-0.05, 0) is 25.5 Å². The Morgan fingerprint density at radius 3 is 2.57 bits per heavy atom. The van der Waals surface area contributed by atoms with Gasteiger partial charge in [0.05, 0.1) is 6.04 Å². The lowest BCUT2D eigenvalue weighted by Crippen LogP contribution is -2.47. The lowest BCUT2D eigenvalue weighted by Gasteiger charge is -2.36. The van der Waals surface area contributed by atoms with Crippen LogP contribution in [0.5, 0.6) is 0 Å². The fourth-order valence-corrected chi connectivity index (χ4v) is 4.06. The van der Waals surface area contributed by atoms with E-state index in [2.05, 4.69) is 56.1 Å². The zero-order valence-corrected chi connectivity index (χ0v) is 17.0. The van der Waals surface area contributed by atoms with Crippen molar-refractivity contribution in [2.24, 2.45) is 0 Å². The molecule has 1 fully saturated rings. The summed E-state index contributed by atoms with van der Waals surface area (Å²) in [5.74, 6) is 3.07. The van der Waals surface area contributed by atoms with Crippen LogP contribution in [0.25, 0.3) is 0 Å². The molecule has 1 aliphatic rings. The Hall–Kier alpha value is -2.45. The average molecular weight is 397 g/mol. The van der Waals surface area contributed by atoms with Crippen molar-refractivity contribution in [2.45, 2.75) is 30.7 Å². The summed E-state index contributed by atoms with van der Waals surface area (Å²) >= 11 is 1.74. The molecule has 7 nitrogen and oxygen atoms in total. The normalized spacial score (nSPS) is 16.3. The van der Waals surface area contributed by atoms with E-state index in [1.807, 2.05) is 25.3 Å². The van der Waals surface area contributed by atoms with E-state index in [4.69, 9.17) is 9.51 Å². The summed E-state index contributed by atoms with van der Waals surface area (Å²) in [5.41, 5.74) is 1.30. The predicted molar refractivity (Wildman–Crippen MR) is 109 cm³/mol. The second-order valence-electron chi connectivity index (χ2n) is 6.85. The van der Waals surface area contributed by atoms with Gasteiger partial charge in [-0.25, -0.2) is 9.97 Å². The molecular weight excluding hydrogens is 372 g/mol. The van der Waals surface area contributed by atoms with Crippen molar-refractivity contribution < 1.29 is 4.52 Å². The molecule has 1 aliphatic heterocycles. The molecule has 0 amide bonds. The summed E-state index contributed by atoms with van der Waals surface area (Å²) < 4.78 is 5.33. The fourth-order valence-electron chi connectivity index (χ4n) is 3.24. The monoisotopic (exact) mass is 396 g/mol. The van der Waals surface area contributed by atoms with Gasteiger partial charge in [0.2, 0.25) is 11.8 Å². The number of anilines is 1. The zero-order valence-electron chi connectivity index (χ0n) is 16.2. The van der Waals surface area contributed by atoms with E-state index in [1.165, 1.54) is 5.56 Å². The van der Waals surface area contributed by atoms with Crippen LogP contribution >= 0.6 is 11.8 Å². The van der Waals surface area contributed by atoms with Crippen molar-refractivity contribution in [3.63, 3.8) is 0 Å². The van der Waals surface area contributed by atoms with E-state index in [1.54, 1.807) is 11.8 Å². The van der Waals surface area contributed by atoms with E-state index >= 15 is 0 Å². The van der Waals surface area contributed by atoms with Gasteiger partial charge in [0, 0.05) is 38.1 Å². The quantitative estimate of drug-likeness (QED) is 0.464. The second kappa shape index (κ2) is 8.70. The van der Waals surface area contributed by atoms with E-state index in [0.717, 1.165) is 42.9 Å². The number of aromatic nitrogens is 4. The summed E-state index contributed by atoms with van der Waals surface area (Å²) in [7, 11) is 0. The number of hydrogen-bond acceptors (Lipinski definition) is 8. The van der Waals surface area contributed by atoms with E-state index in [9.17, 15) is 0 Å². The Bertz CT molecular complexity index is 894. The molecule has 146 valence electrons. The maximum atomic E-state index is 5.33. The summed E-state index contributed by atoms with van der Waals surface area (Å²) in [5, 5.41) is 4.90. The van der Waals surface area contributed by atoms with Crippen LogP contribution in [0.15, 0.2) is 52.1 Å². The molecule has 0 radical (unpaired) electrons. The highest BCUT2D eigenvalue weighted by atomic mass is 32.2. The molecule has 3 aromatic rings. The Labute approximate surface area is 169 Å². The molecule has 0 saturated carbocycles. The van der Waals surface area contributed by atoms with Crippen LogP contribution in [0.4, 0.5) is 5.95 Å². The number of nitrogens with zero attached hydrogens (tertiary/aromatic N) is 6. The number of rotatable bonds is 6. The van der Waals surface area contributed by atoms with Gasteiger partial charge in [0.25, 0.3) is 0 Å². The highest BCUT2D eigenvalue weighted by Gasteiger charge is 2.26. The van der Waals surface area contributed by atoms with Crippen LogP contribution in [0.1, 0.15) is 30.2 Å². The number of hydrogen-bond donors (Lipinski definition) is 0. The van der Waals surface area contributed by atoms with E-state index in [-0.39, 0.29) is 6.04 Å². The van der Waals surface area contributed by atoms with Gasteiger partial charge < -0.3 is 9.42 Å². The molecule has 3 heterocycles. The Morgan fingerprint density at radius 1 is 1.07 bits per heavy atom. The molecule has 1 unspecified atom stereocenters. The molecule has 1 aromatic carbocycles. The molecule has 8 heteroatoms. The summed E-state index contributed by atoms with van der Waals surface area (Å²) in [6, 6.07) is 12.6. The molecule has 4 rings (SSSR count). The van der Waals surface area contributed by atoms with Gasteiger partial charge in [-0.2, -0.15) is 4.98 Å². The topological polar surface area (TPSA) is 71.2 Å². The van der Waals surface area contributed by atoms with Crippen LogP contribution in [0.3, 0.4) is 0 Å². The van der Waals surface area contributed by atoms with Crippen LogP contribution in [-0.4, -0.2) is 51.2 Å². The number of aryl methyl sites for hydroxylation is 1. The smallest absolute Gasteiger partial charge is 0.243 e. The third kappa shape index (κ3) is 4.51. The van der Waals surface area contributed by atoms with Gasteiger partial charge in [-0.15, -0.1) is 11.8 Å². The van der Waals surface area contributed by atoms with Gasteiger partial charge >= 0.3 is 0 Å². The van der Waals surface area contributed by atoms with E-state index in [0.29, 0.717) is 11.7 Å². The van der Waals surface area contributed by atoms with Gasteiger partial charge in [0.1, 0.15) is 5.03 Å². The zero-order chi connectivity index (χ0) is 19.3. The molecular formula is C20H24N6OS. The summed E-state index contributed by atoms with van der Waals surface area (Å²) in [4.78, 5) is 18.2. The average Bonchev–Trinajstić information content (AvgIpc) is 3.19. The second-order valence-corrected chi connectivity index (χ2v) is 7.84. The van der Waals surface area contributed by atoms with Gasteiger partial charge in [-0.1, -0.05) is 35.5 Å². The fraction of sp³-hybridized carbons (Fsp3) is 0.400.